The van der Waals surface area contributed by atoms with Crippen LogP contribution in [0.1, 0.15) is 31.5 Å². The lowest BCUT2D eigenvalue weighted by molar-refractivity contribution is -0.126. The van der Waals surface area contributed by atoms with Gasteiger partial charge in [-0.05, 0) is 46.0 Å². The van der Waals surface area contributed by atoms with Gasteiger partial charge in [0.25, 0.3) is 5.91 Å². The number of aliphatic hydroxyl groups is 1. The third kappa shape index (κ3) is 4.00. The van der Waals surface area contributed by atoms with E-state index >= 15 is 0 Å². The van der Waals surface area contributed by atoms with Crippen LogP contribution in [0.15, 0.2) is 18.3 Å². The van der Waals surface area contributed by atoms with Crippen LogP contribution in [-0.4, -0.2) is 53.8 Å². The quantitative estimate of drug-likeness (QED) is 0.853. The summed E-state index contributed by atoms with van der Waals surface area (Å²) in [4.78, 5) is 18.3. The van der Waals surface area contributed by atoms with Crippen LogP contribution in [0.4, 0.5) is 5.69 Å². The Balaban J connectivity index is 2.05. The molecule has 21 heavy (non-hydrogen) atoms. The lowest BCUT2D eigenvalue weighted by atomic mass is 10.1. The first kappa shape index (κ1) is 15.9. The van der Waals surface area contributed by atoms with Crippen molar-refractivity contribution in [2.24, 2.45) is 0 Å². The van der Waals surface area contributed by atoms with Gasteiger partial charge in [0.2, 0.25) is 0 Å². The molecule has 1 saturated heterocycles. The lowest BCUT2D eigenvalue weighted by Crippen LogP contribution is -2.28. The van der Waals surface area contributed by atoms with Gasteiger partial charge in [-0.2, -0.15) is 0 Å². The topological polar surface area (TPSA) is 74.7 Å². The van der Waals surface area contributed by atoms with Crippen LogP contribution in [0.2, 0.25) is 0 Å². The van der Waals surface area contributed by atoms with Crippen LogP contribution in [0, 0.1) is 0 Å². The molecular formula is C15H23N3O3. The second kappa shape index (κ2) is 6.98. The smallest absolute Gasteiger partial charge is 0.253 e. The maximum Gasteiger partial charge on any atom is 0.253 e. The molecule has 0 aliphatic carbocycles. The molecule has 3 unspecified atom stereocenters. The Morgan fingerprint density at radius 3 is 2.90 bits per heavy atom. The van der Waals surface area contributed by atoms with E-state index in [1.807, 2.05) is 25.9 Å². The number of nitrogens with zero attached hydrogens (tertiary/aromatic N) is 2. The predicted molar refractivity (Wildman–Crippen MR) is 79.9 cm³/mol. The first-order valence-corrected chi connectivity index (χ1v) is 7.20. The molecule has 1 fully saturated rings. The number of likely N-dealkylation sites (N-methyl/N-ethyl adjacent to an activating group) is 1. The molecule has 1 aromatic rings. The average Bonchev–Trinajstić information content (AvgIpc) is 2.86. The Hall–Kier alpha value is -1.50. The highest BCUT2D eigenvalue weighted by Gasteiger charge is 2.28. The molecule has 2 heterocycles. The van der Waals surface area contributed by atoms with E-state index in [0.717, 1.165) is 18.5 Å². The summed E-state index contributed by atoms with van der Waals surface area (Å²) in [5, 5.41) is 12.3. The zero-order valence-corrected chi connectivity index (χ0v) is 12.7. The van der Waals surface area contributed by atoms with Gasteiger partial charge in [-0.3, -0.25) is 14.7 Å². The van der Waals surface area contributed by atoms with E-state index in [1.165, 1.54) is 0 Å². The van der Waals surface area contributed by atoms with Crippen LogP contribution in [-0.2, 0) is 9.53 Å². The molecule has 1 aliphatic rings. The third-order valence-electron chi connectivity index (χ3n) is 3.71. The molecule has 3 atom stereocenters. The summed E-state index contributed by atoms with van der Waals surface area (Å²) in [6, 6.07) is 3.34. The van der Waals surface area contributed by atoms with E-state index in [0.29, 0.717) is 5.69 Å². The van der Waals surface area contributed by atoms with Crippen LogP contribution in [0.25, 0.3) is 0 Å². The molecule has 6 heteroatoms. The van der Waals surface area contributed by atoms with Gasteiger partial charge < -0.3 is 15.2 Å². The van der Waals surface area contributed by atoms with E-state index in [9.17, 15) is 9.90 Å². The Morgan fingerprint density at radius 2 is 2.33 bits per heavy atom. The minimum atomic E-state index is -0.376. The van der Waals surface area contributed by atoms with Crippen LogP contribution < -0.4 is 5.32 Å². The van der Waals surface area contributed by atoms with Crippen molar-refractivity contribution in [3.05, 3.63) is 24.0 Å². The number of aliphatic hydroxyl groups excluding tert-OH is 1. The fourth-order valence-electron chi connectivity index (χ4n) is 2.45. The monoisotopic (exact) mass is 293 g/mol. The molecule has 0 aromatic carbocycles. The highest BCUT2D eigenvalue weighted by Crippen LogP contribution is 2.22. The van der Waals surface area contributed by atoms with Crippen LogP contribution in [0.3, 0.4) is 0 Å². The summed E-state index contributed by atoms with van der Waals surface area (Å²) in [7, 11) is 3.75. The number of rotatable bonds is 5. The summed E-state index contributed by atoms with van der Waals surface area (Å²) in [5.74, 6) is -0.123. The minimum absolute atomic E-state index is 0.0271. The number of carbonyl (C=O) groups excluding carboxylic acids is 1. The van der Waals surface area contributed by atoms with Crippen molar-refractivity contribution < 1.29 is 14.6 Å². The molecule has 0 spiro atoms. The van der Waals surface area contributed by atoms with Gasteiger partial charge in [-0.25, -0.2) is 0 Å². The Kier molecular flexibility index (Phi) is 5.27. The largest absolute Gasteiger partial charge is 0.394 e. The van der Waals surface area contributed by atoms with Gasteiger partial charge in [0, 0.05) is 11.9 Å². The highest BCUT2D eigenvalue weighted by atomic mass is 16.5. The average molecular weight is 293 g/mol. The molecule has 2 N–H and O–H groups in total. The van der Waals surface area contributed by atoms with Crippen LogP contribution >= 0.6 is 0 Å². The fourth-order valence-corrected chi connectivity index (χ4v) is 2.45. The van der Waals surface area contributed by atoms with E-state index in [-0.39, 0.29) is 30.8 Å². The van der Waals surface area contributed by atoms with Gasteiger partial charge in [0.1, 0.15) is 6.10 Å². The van der Waals surface area contributed by atoms with Crippen molar-refractivity contribution in [3.8, 4) is 0 Å². The molecule has 1 amide bonds. The Bertz CT molecular complexity index is 493. The molecule has 1 aromatic heterocycles. The molecule has 6 nitrogen and oxygen atoms in total. The Morgan fingerprint density at radius 1 is 1.57 bits per heavy atom. The maximum absolute atomic E-state index is 12.1. The summed E-state index contributed by atoms with van der Waals surface area (Å²) in [6.45, 7) is 1.95. The fraction of sp³-hybridized carbons (Fsp3) is 0.600. The van der Waals surface area contributed by atoms with Crippen molar-refractivity contribution in [1.82, 2.24) is 9.88 Å². The van der Waals surface area contributed by atoms with E-state index in [2.05, 4.69) is 10.3 Å². The number of ether oxygens (including phenoxy) is 1. The molecule has 0 radical (unpaired) electrons. The van der Waals surface area contributed by atoms with Gasteiger partial charge in [-0.1, -0.05) is 0 Å². The van der Waals surface area contributed by atoms with Crippen molar-refractivity contribution >= 4 is 11.6 Å². The predicted octanol–water partition coefficient (Wildman–Crippen LogP) is 1.18. The van der Waals surface area contributed by atoms with Crippen molar-refractivity contribution in [2.45, 2.75) is 38.0 Å². The van der Waals surface area contributed by atoms with Crippen molar-refractivity contribution in [3.63, 3.8) is 0 Å². The first-order valence-electron chi connectivity index (χ1n) is 7.20. The number of amides is 1. The number of hydrogen-bond donors (Lipinski definition) is 2. The zero-order valence-electron chi connectivity index (χ0n) is 12.7. The molecule has 116 valence electrons. The van der Waals surface area contributed by atoms with E-state index < -0.39 is 0 Å². The van der Waals surface area contributed by atoms with Crippen LogP contribution in [0.5, 0.6) is 0 Å². The maximum atomic E-state index is 12.1. The number of hydrogen-bond acceptors (Lipinski definition) is 5. The SMILES string of the molecule is CC1CCC(C(=O)Nc2ccnc(C(CO)N(C)C)c2)O1. The van der Waals surface area contributed by atoms with E-state index in [4.69, 9.17) is 4.74 Å². The number of aromatic nitrogens is 1. The molecule has 0 bridgehead atoms. The highest BCUT2D eigenvalue weighted by molar-refractivity contribution is 5.94. The summed E-state index contributed by atoms with van der Waals surface area (Å²) >= 11 is 0. The first-order chi connectivity index (χ1) is 10.0. The number of nitrogens with one attached hydrogen (secondary N) is 1. The summed E-state index contributed by atoms with van der Waals surface area (Å²) in [6.07, 6.45) is 3.06. The van der Waals surface area contributed by atoms with Gasteiger partial charge in [-0.15, -0.1) is 0 Å². The second-order valence-electron chi connectivity index (χ2n) is 5.63. The summed E-state index contributed by atoms with van der Waals surface area (Å²) < 4.78 is 5.56. The van der Waals surface area contributed by atoms with Gasteiger partial charge in [0.05, 0.1) is 24.4 Å². The van der Waals surface area contributed by atoms with E-state index in [1.54, 1.807) is 18.3 Å². The Labute approximate surface area is 125 Å². The number of pyridine rings is 1. The van der Waals surface area contributed by atoms with Gasteiger partial charge in [0.15, 0.2) is 0 Å². The molecule has 1 aliphatic heterocycles. The normalized spacial score (nSPS) is 23.3. The summed E-state index contributed by atoms with van der Waals surface area (Å²) in [5.41, 5.74) is 1.40. The van der Waals surface area contributed by atoms with Crippen molar-refractivity contribution in [2.75, 3.05) is 26.0 Å². The lowest BCUT2D eigenvalue weighted by Gasteiger charge is -2.22. The zero-order chi connectivity index (χ0) is 15.4. The molecule has 2 rings (SSSR count). The van der Waals surface area contributed by atoms with Crippen molar-refractivity contribution in [1.29, 1.82) is 0 Å². The number of carbonyl (C=O) groups is 1. The molecular weight excluding hydrogens is 270 g/mol. The second-order valence-corrected chi connectivity index (χ2v) is 5.63. The number of anilines is 1. The third-order valence-corrected chi connectivity index (χ3v) is 3.71. The minimum Gasteiger partial charge on any atom is -0.394 e. The van der Waals surface area contributed by atoms with Gasteiger partial charge >= 0.3 is 0 Å². The standard InChI is InChI=1S/C15H23N3O3/c1-10-4-5-14(21-10)15(20)17-11-6-7-16-12(8-11)13(9-19)18(2)3/h6-8,10,13-14,19H,4-5,9H2,1-3H3,(H,16,17,20). The molecule has 0 saturated carbocycles.